The standard InChI is InChI=1S/C11H15FN2O2/c1-11(2,10(13)16)14-6-7-5-8(12)3-4-9(7)15/h3-5,14-15H,6H2,1-2H3,(H2,13,16). The minimum absolute atomic E-state index is 0.0193. The van der Waals surface area contributed by atoms with Gasteiger partial charge in [-0.3, -0.25) is 10.1 Å². The second-order valence-electron chi connectivity index (χ2n) is 4.12. The molecule has 0 atom stereocenters. The zero-order chi connectivity index (χ0) is 12.3. The van der Waals surface area contributed by atoms with Gasteiger partial charge in [-0.1, -0.05) is 0 Å². The minimum atomic E-state index is -0.904. The van der Waals surface area contributed by atoms with E-state index in [1.807, 2.05) is 0 Å². The molecule has 0 aromatic heterocycles. The van der Waals surface area contributed by atoms with E-state index in [2.05, 4.69) is 5.32 Å². The molecule has 0 spiro atoms. The van der Waals surface area contributed by atoms with Gasteiger partial charge in [-0.05, 0) is 32.0 Å². The third-order valence-electron chi connectivity index (χ3n) is 2.38. The van der Waals surface area contributed by atoms with Crippen LogP contribution in [0.5, 0.6) is 5.75 Å². The maximum Gasteiger partial charge on any atom is 0.237 e. The molecule has 1 amide bonds. The number of hydrogen-bond acceptors (Lipinski definition) is 3. The molecule has 4 N–H and O–H groups in total. The number of hydrogen-bond donors (Lipinski definition) is 3. The summed E-state index contributed by atoms with van der Waals surface area (Å²) in [6, 6.07) is 3.64. The molecule has 88 valence electrons. The van der Waals surface area contributed by atoms with Crippen molar-refractivity contribution in [3.05, 3.63) is 29.6 Å². The molecule has 1 aromatic rings. The number of primary amides is 1. The zero-order valence-electron chi connectivity index (χ0n) is 9.25. The summed E-state index contributed by atoms with van der Waals surface area (Å²) in [6.07, 6.45) is 0. The van der Waals surface area contributed by atoms with E-state index in [1.165, 1.54) is 12.1 Å². The largest absolute Gasteiger partial charge is 0.508 e. The summed E-state index contributed by atoms with van der Waals surface area (Å²) in [5.74, 6) is -0.968. The van der Waals surface area contributed by atoms with E-state index in [9.17, 15) is 14.3 Å². The Hall–Kier alpha value is -1.62. The van der Waals surface area contributed by atoms with Crippen LogP contribution in [0, 0.1) is 5.82 Å². The molecule has 0 fully saturated rings. The van der Waals surface area contributed by atoms with Crippen molar-refractivity contribution >= 4 is 5.91 Å². The van der Waals surface area contributed by atoms with Gasteiger partial charge in [-0.15, -0.1) is 0 Å². The van der Waals surface area contributed by atoms with E-state index in [1.54, 1.807) is 13.8 Å². The maximum absolute atomic E-state index is 12.9. The van der Waals surface area contributed by atoms with Crippen molar-refractivity contribution in [2.75, 3.05) is 0 Å². The van der Waals surface area contributed by atoms with Gasteiger partial charge in [0.2, 0.25) is 5.91 Å². The Morgan fingerprint density at radius 1 is 1.56 bits per heavy atom. The molecule has 0 saturated heterocycles. The summed E-state index contributed by atoms with van der Waals surface area (Å²) in [5.41, 5.74) is 4.64. The first-order valence-electron chi connectivity index (χ1n) is 4.85. The second kappa shape index (κ2) is 4.49. The number of aromatic hydroxyl groups is 1. The normalized spacial score (nSPS) is 11.4. The van der Waals surface area contributed by atoms with Crippen LogP contribution >= 0.6 is 0 Å². The van der Waals surface area contributed by atoms with E-state index in [0.717, 1.165) is 6.07 Å². The average molecular weight is 226 g/mol. The Bertz CT molecular complexity index is 405. The number of phenolic OH excluding ortho intramolecular Hbond substituents is 1. The monoisotopic (exact) mass is 226 g/mol. The van der Waals surface area contributed by atoms with Crippen molar-refractivity contribution in [2.45, 2.75) is 25.9 Å². The molecule has 4 nitrogen and oxygen atoms in total. The molecule has 0 saturated carbocycles. The van der Waals surface area contributed by atoms with Gasteiger partial charge in [0.25, 0.3) is 0 Å². The van der Waals surface area contributed by atoms with Gasteiger partial charge in [-0.25, -0.2) is 4.39 Å². The fourth-order valence-corrected chi connectivity index (χ4v) is 1.10. The lowest BCUT2D eigenvalue weighted by molar-refractivity contribution is -0.123. The highest BCUT2D eigenvalue weighted by atomic mass is 19.1. The van der Waals surface area contributed by atoms with Crippen molar-refractivity contribution in [1.29, 1.82) is 0 Å². The number of carbonyl (C=O) groups is 1. The van der Waals surface area contributed by atoms with Gasteiger partial charge >= 0.3 is 0 Å². The molecule has 0 aliphatic heterocycles. The fourth-order valence-electron chi connectivity index (χ4n) is 1.10. The summed E-state index contributed by atoms with van der Waals surface area (Å²) in [4.78, 5) is 11.0. The van der Waals surface area contributed by atoms with Crippen LogP contribution in [-0.2, 0) is 11.3 Å². The number of phenols is 1. The summed E-state index contributed by atoms with van der Waals surface area (Å²) >= 11 is 0. The molecule has 16 heavy (non-hydrogen) atoms. The number of benzene rings is 1. The molecule has 0 unspecified atom stereocenters. The van der Waals surface area contributed by atoms with Crippen LogP contribution in [0.1, 0.15) is 19.4 Å². The lowest BCUT2D eigenvalue weighted by Crippen LogP contribution is -2.50. The highest BCUT2D eigenvalue weighted by Crippen LogP contribution is 2.18. The predicted octanol–water partition coefficient (Wildman–Crippen LogP) is 0.885. The second-order valence-corrected chi connectivity index (χ2v) is 4.12. The number of amides is 1. The van der Waals surface area contributed by atoms with Crippen LogP contribution in [0.15, 0.2) is 18.2 Å². The Labute approximate surface area is 93.3 Å². The topological polar surface area (TPSA) is 75.3 Å². The fraction of sp³-hybridized carbons (Fsp3) is 0.364. The van der Waals surface area contributed by atoms with Gasteiger partial charge in [0, 0.05) is 12.1 Å². The predicted molar refractivity (Wildman–Crippen MR) is 58.2 cm³/mol. The van der Waals surface area contributed by atoms with Gasteiger partial charge in [0.05, 0.1) is 5.54 Å². The van der Waals surface area contributed by atoms with E-state index in [-0.39, 0.29) is 12.3 Å². The summed E-state index contributed by atoms with van der Waals surface area (Å²) in [7, 11) is 0. The van der Waals surface area contributed by atoms with E-state index in [4.69, 9.17) is 5.73 Å². The maximum atomic E-state index is 12.9. The SMILES string of the molecule is CC(C)(NCc1cc(F)ccc1O)C(N)=O. The zero-order valence-corrected chi connectivity index (χ0v) is 9.25. The average Bonchev–Trinajstić information content (AvgIpc) is 2.19. The molecular formula is C11H15FN2O2. The Kier molecular flexibility index (Phi) is 3.49. The van der Waals surface area contributed by atoms with E-state index in [0.29, 0.717) is 5.56 Å². The lowest BCUT2D eigenvalue weighted by atomic mass is 10.0. The van der Waals surface area contributed by atoms with Crippen LogP contribution in [0.3, 0.4) is 0 Å². The lowest BCUT2D eigenvalue weighted by Gasteiger charge is -2.22. The molecule has 0 aliphatic rings. The van der Waals surface area contributed by atoms with Crippen LogP contribution in [-0.4, -0.2) is 16.6 Å². The third-order valence-corrected chi connectivity index (χ3v) is 2.38. The summed E-state index contributed by atoms with van der Waals surface area (Å²) in [5, 5.41) is 12.3. The minimum Gasteiger partial charge on any atom is -0.508 e. The molecule has 0 radical (unpaired) electrons. The van der Waals surface area contributed by atoms with Gasteiger partial charge in [0.1, 0.15) is 11.6 Å². The number of nitrogens with two attached hydrogens (primary N) is 1. The first-order valence-corrected chi connectivity index (χ1v) is 4.85. The first kappa shape index (κ1) is 12.4. The van der Waals surface area contributed by atoms with Gasteiger partial charge in [0.15, 0.2) is 0 Å². The van der Waals surface area contributed by atoms with Gasteiger partial charge in [-0.2, -0.15) is 0 Å². The molecule has 0 aliphatic carbocycles. The third kappa shape index (κ3) is 2.93. The summed E-state index contributed by atoms with van der Waals surface area (Å²) < 4.78 is 12.9. The highest BCUT2D eigenvalue weighted by Gasteiger charge is 2.24. The van der Waals surface area contributed by atoms with Crippen molar-refractivity contribution in [1.82, 2.24) is 5.32 Å². The molecule has 0 heterocycles. The van der Waals surface area contributed by atoms with Crippen LogP contribution in [0.4, 0.5) is 4.39 Å². The Balaban J connectivity index is 2.75. The van der Waals surface area contributed by atoms with Crippen molar-refractivity contribution in [2.24, 2.45) is 5.73 Å². The molecule has 1 aromatic carbocycles. The van der Waals surface area contributed by atoms with Crippen LogP contribution in [0.25, 0.3) is 0 Å². The van der Waals surface area contributed by atoms with Gasteiger partial charge < -0.3 is 10.8 Å². The Morgan fingerprint density at radius 3 is 2.75 bits per heavy atom. The summed E-state index contributed by atoms with van der Waals surface area (Å²) in [6.45, 7) is 3.40. The van der Waals surface area contributed by atoms with Crippen LogP contribution in [0.2, 0.25) is 0 Å². The highest BCUT2D eigenvalue weighted by molar-refractivity contribution is 5.83. The smallest absolute Gasteiger partial charge is 0.237 e. The number of halogens is 1. The quantitative estimate of drug-likeness (QED) is 0.713. The molecular weight excluding hydrogens is 211 g/mol. The number of nitrogens with one attached hydrogen (secondary N) is 1. The molecule has 1 rings (SSSR count). The van der Waals surface area contributed by atoms with Crippen LogP contribution < -0.4 is 11.1 Å². The van der Waals surface area contributed by atoms with Crippen molar-refractivity contribution < 1.29 is 14.3 Å². The Morgan fingerprint density at radius 2 is 2.19 bits per heavy atom. The van der Waals surface area contributed by atoms with Crippen molar-refractivity contribution in [3.8, 4) is 5.75 Å². The van der Waals surface area contributed by atoms with E-state index < -0.39 is 17.3 Å². The molecule has 5 heteroatoms. The van der Waals surface area contributed by atoms with Crippen molar-refractivity contribution in [3.63, 3.8) is 0 Å². The molecule has 0 bridgehead atoms. The number of rotatable bonds is 4. The van der Waals surface area contributed by atoms with E-state index >= 15 is 0 Å². The first-order chi connectivity index (χ1) is 7.33. The number of carbonyl (C=O) groups excluding carboxylic acids is 1.